The van der Waals surface area contributed by atoms with Gasteiger partial charge in [0.25, 0.3) is 0 Å². The number of aromatic carboxylic acids is 1. The van der Waals surface area contributed by atoms with Crippen LogP contribution < -0.4 is 5.73 Å². The average molecular weight is 252 g/mol. The zero-order valence-electron chi connectivity index (χ0n) is 10.3. The van der Waals surface area contributed by atoms with Crippen molar-refractivity contribution in [2.75, 3.05) is 5.73 Å². The van der Waals surface area contributed by atoms with Crippen LogP contribution in [0, 0.1) is 18.3 Å². The van der Waals surface area contributed by atoms with Gasteiger partial charge in [0.2, 0.25) is 0 Å². The van der Waals surface area contributed by atoms with Gasteiger partial charge in [-0.25, -0.2) is 4.79 Å². The van der Waals surface area contributed by atoms with E-state index in [1.807, 2.05) is 13.0 Å². The number of nitrogens with two attached hydrogens (primary N) is 1. The Balaban J connectivity index is 2.58. The Kier molecular flexibility index (Phi) is 3.21. The number of carboxylic acid groups (broad SMARTS) is 1. The Labute approximate surface area is 110 Å². The third-order valence-electron chi connectivity index (χ3n) is 2.96. The molecule has 0 fully saturated rings. The lowest BCUT2D eigenvalue weighted by atomic mass is 9.97. The van der Waals surface area contributed by atoms with Gasteiger partial charge in [0.05, 0.1) is 17.2 Å². The molecule has 0 heterocycles. The summed E-state index contributed by atoms with van der Waals surface area (Å²) in [6.45, 7) is 1.83. The third-order valence-corrected chi connectivity index (χ3v) is 2.96. The number of rotatable bonds is 2. The van der Waals surface area contributed by atoms with E-state index in [0.717, 1.165) is 11.1 Å². The van der Waals surface area contributed by atoms with Gasteiger partial charge in [0, 0.05) is 11.3 Å². The first-order valence-electron chi connectivity index (χ1n) is 5.67. The molecule has 0 aromatic heterocycles. The molecule has 0 bridgehead atoms. The molecule has 0 atom stereocenters. The molecule has 0 aliphatic rings. The maximum absolute atomic E-state index is 11.0. The van der Waals surface area contributed by atoms with Crippen LogP contribution in [0.1, 0.15) is 21.5 Å². The second kappa shape index (κ2) is 4.83. The SMILES string of the molecule is Cc1cc(-c2cc(C(=O)O)ccc2N)ccc1C#N. The Morgan fingerprint density at radius 3 is 2.58 bits per heavy atom. The fourth-order valence-corrected chi connectivity index (χ4v) is 1.90. The highest BCUT2D eigenvalue weighted by molar-refractivity contribution is 5.91. The normalized spacial score (nSPS) is 9.89. The Morgan fingerprint density at radius 2 is 2.00 bits per heavy atom. The highest BCUT2D eigenvalue weighted by atomic mass is 16.4. The van der Waals surface area contributed by atoms with E-state index in [1.54, 1.807) is 24.3 Å². The molecule has 94 valence electrons. The molecule has 0 saturated heterocycles. The van der Waals surface area contributed by atoms with Crippen molar-refractivity contribution in [3.05, 3.63) is 53.1 Å². The van der Waals surface area contributed by atoms with Gasteiger partial charge in [0.1, 0.15) is 0 Å². The zero-order chi connectivity index (χ0) is 14.0. The summed E-state index contributed by atoms with van der Waals surface area (Å²) in [5.41, 5.74) is 9.47. The Hall–Kier alpha value is -2.80. The summed E-state index contributed by atoms with van der Waals surface area (Å²) in [5.74, 6) is -0.994. The van der Waals surface area contributed by atoms with Crippen LogP contribution in [0.3, 0.4) is 0 Å². The van der Waals surface area contributed by atoms with E-state index in [9.17, 15) is 4.79 Å². The number of carboxylic acids is 1. The van der Waals surface area contributed by atoms with Crippen LogP contribution in [0.25, 0.3) is 11.1 Å². The van der Waals surface area contributed by atoms with Gasteiger partial charge in [-0.15, -0.1) is 0 Å². The van der Waals surface area contributed by atoms with Crippen LogP contribution in [-0.4, -0.2) is 11.1 Å². The lowest BCUT2D eigenvalue weighted by molar-refractivity contribution is 0.0697. The second-order valence-electron chi connectivity index (χ2n) is 4.25. The third kappa shape index (κ3) is 2.40. The Morgan fingerprint density at radius 1 is 1.26 bits per heavy atom. The summed E-state index contributed by atoms with van der Waals surface area (Å²) in [7, 11) is 0. The number of hydrogen-bond donors (Lipinski definition) is 2. The van der Waals surface area contributed by atoms with Crippen molar-refractivity contribution in [2.45, 2.75) is 6.92 Å². The molecule has 0 unspecified atom stereocenters. The van der Waals surface area contributed by atoms with E-state index in [2.05, 4.69) is 6.07 Å². The summed E-state index contributed by atoms with van der Waals surface area (Å²) in [4.78, 5) is 11.0. The van der Waals surface area contributed by atoms with Crippen LogP contribution in [-0.2, 0) is 0 Å². The molecule has 0 aliphatic heterocycles. The predicted molar refractivity (Wildman–Crippen MR) is 72.7 cm³/mol. The van der Waals surface area contributed by atoms with Gasteiger partial charge < -0.3 is 10.8 Å². The molecule has 19 heavy (non-hydrogen) atoms. The molecule has 3 N–H and O–H groups in total. The second-order valence-corrected chi connectivity index (χ2v) is 4.25. The quantitative estimate of drug-likeness (QED) is 0.804. The van der Waals surface area contributed by atoms with Crippen LogP contribution in [0.15, 0.2) is 36.4 Å². The molecular formula is C15H12N2O2. The van der Waals surface area contributed by atoms with Crippen molar-refractivity contribution in [1.82, 2.24) is 0 Å². The van der Waals surface area contributed by atoms with Gasteiger partial charge in [-0.3, -0.25) is 0 Å². The zero-order valence-corrected chi connectivity index (χ0v) is 10.3. The molecule has 0 saturated carbocycles. The first-order chi connectivity index (χ1) is 9.02. The van der Waals surface area contributed by atoms with Crippen molar-refractivity contribution in [2.24, 2.45) is 0 Å². The lowest BCUT2D eigenvalue weighted by Gasteiger charge is -2.08. The first kappa shape index (κ1) is 12.7. The van der Waals surface area contributed by atoms with Gasteiger partial charge in [-0.2, -0.15) is 5.26 Å². The van der Waals surface area contributed by atoms with Gasteiger partial charge >= 0.3 is 5.97 Å². The standard InChI is InChI=1S/C15H12N2O2/c1-9-6-10(2-3-12(9)8-16)13-7-11(15(18)19)4-5-14(13)17/h2-7H,17H2,1H3,(H,18,19). The predicted octanol–water partition coefficient (Wildman–Crippen LogP) is 2.81. The molecule has 2 aromatic rings. The van der Waals surface area contributed by atoms with Crippen molar-refractivity contribution in [1.29, 1.82) is 5.26 Å². The maximum Gasteiger partial charge on any atom is 0.335 e. The molecule has 4 heteroatoms. The van der Waals surface area contributed by atoms with E-state index in [1.165, 1.54) is 6.07 Å². The molecule has 0 spiro atoms. The highest BCUT2D eigenvalue weighted by Crippen LogP contribution is 2.28. The van der Waals surface area contributed by atoms with Crippen LogP contribution in [0.5, 0.6) is 0 Å². The minimum absolute atomic E-state index is 0.186. The summed E-state index contributed by atoms with van der Waals surface area (Å²) in [5, 5.41) is 17.9. The minimum Gasteiger partial charge on any atom is -0.478 e. The molecule has 2 rings (SSSR count). The summed E-state index contributed by atoms with van der Waals surface area (Å²) < 4.78 is 0. The van der Waals surface area contributed by atoms with Crippen molar-refractivity contribution in [3.8, 4) is 17.2 Å². The average Bonchev–Trinajstić information content (AvgIpc) is 2.38. The number of nitrogens with zero attached hydrogens (tertiary/aromatic N) is 1. The smallest absolute Gasteiger partial charge is 0.335 e. The number of aryl methyl sites for hydroxylation is 1. The van der Waals surface area contributed by atoms with Crippen molar-refractivity contribution >= 4 is 11.7 Å². The number of nitriles is 1. The monoisotopic (exact) mass is 252 g/mol. The largest absolute Gasteiger partial charge is 0.478 e. The maximum atomic E-state index is 11.0. The topological polar surface area (TPSA) is 87.1 Å². The number of benzene rings is 2. The molecule has 4 nitrogen and oxygen atoms in total. The fourth-order valence-electron chi connectivity index (χ4n) is 1.90. The number of anilines is 1. The lowest BCUT2D eigenvalue weighted by Crippen LogP contribution is -1.99. The van der Waals surface area contributed by atoms with Crippen LogP contribution >= 0.6 is 0 Å². The molecule has 0 amide bonds. The summed E-state index contributed by atoms with van der Waals surface area (Å²) >= 11 is 0. The number of hydrogen-bond acceptors (Lipinski definition) is 3. The van der Waals surface area contributed by atoms with Crippen molar-refractivity contribution in [3.63, 3.8) is 0 Å². The van der Waals surface area contributed by atoms with Gasteiger partial charge in [-0.1, -0.05) is 12.1 Å². The minimum atomic E-state index is -0.994. The molecule has 0 radical (unpaired) electrons. The van der Waals surface area contributed by atoms with Gasteiger partial charge in [0.15, 0.2) is 0 Å². The summed E-state index contributed by atoms with van der Waals surface area (Å²) in [6.07, 6.45) is 0. The number of carbonyl (C=O) groups is 1. The van der Waals surface area contributed by atoms with Crippen LogP contribution in [0.4, 0.5) is 5.69 Å². The van der Waals surface area contributed by atoms with E-state index < -0.39 is 5.97 Å². The fraction of sp³-hybridized carbons (Fsp3) is 0.0667. The Bertz CT molecular complexity index is 700. The van der Waals surface area contributed by atoms with Gasteiger partial charge in [-0.05, 0) is 42.3 Å². The molecule has 0 aliphatic carbocycles. The van der Waals surface area contributed by atoms with E-state index in [-0.39, 0.29) is 5.56 Å². The first-order valence-corrected chi connectivity index (χ1v) is 5.67. The van der Waals surface area contributed by atoms with E-state index >= 15 is 0 Å². The van der Waals surface area contributed by atoms with Crippen LogP contribution in [0.2, 0.25) is 0 Å². The number of nitrogen functional groups attached to an aromatic ring is 1. The van der Waals surface area contributed by atoms with E-state index in [4.69, 9.17) is 16.1 Å². The van der Waals surface area contributed by atoms with E-state index in [0.29, 0.717) is 16.8 Å². The molecule has 2 aromatic carbocycles. The van der Waals surface area contributed by atoms with Crippen molar-refractivity contribution < 1.29 is 9.90 Å². The molecular weight excluding hydrogens is 240 g/mol. The highest BCUT2D eigenvalue weighted by Gasteiger charge is 2.09. The summed E-state index contributed by atoms with van der Waals surface area (Å²) in [6, 6.07) is 12.0.